The van der Waals surface area contributed by atoms with Crippen molar-refractivity contribution in [2.45, 2.75) is 57.2 Å². The first-order valence-corrected chi connectivity index (χ1v) is 15.7. The van der Waals surface area contributed by atoms with Crippen LogP contribution < -0.4 is 15.7 Å². The summed E-state index contributed by atoms with van der Waals surface area (Å²) in [6.45, 7) is 7.62. The van der Waals surface area contributed by atoms with E-state index >= 15 is 0 Å². The van der Waals surface area contributed by atoms with Gasteiger partial charge in [0.25, 0.3) is 8.32 Å². The van der Waals surface area contributed by atoms with Crippen LogP contribution in [0.15, 0.2) is 79.1 Å². The highest BCUT2D eigenvalue weighted by Gasteiger charge is 2.50. The van der Waals surface area contributed by atoms with Gasteiger partial charge in [0, 0.05) is 18.6 Å². The third-order valence-electron chi connectivity index (χ3n) is 7.75. The van der Waals surface area contributed by atoms with Crippen molar-refractivity contribution in [3.05, 3.63) is 84.4 Å². The van der Waals surface area contributed by atoms with E-state index in [1.807, 2.05) is 6.33 Å². The molecular formula is C30H34ClN5OSi. The molecule has 0 radical (unpaired) electrons. The molecule has 196 valence electrons. The fraction of sp³-hybridized carbons (Fsp3) is 0.367. The maximum absolute atomic E-state index is 7.20. The summed E-state index contributed by atoms with van der Waals surface area (Å²) in [4.78, 5) is 13.6. The zero-order chi connectivity index (χ0) is 26.3. The Morgan fingerprint density at radius 2 is 1.63 bits per heavy atom. The largest absolute Gasteiger partial charge is 0.407 e. The summed E-state index contributed by atoms with van der Waals surface area (Å²) < 4.78 is 9.32. The van der Waals surface area contributed by atoms with Crippen molar-refractivity contribution in [1.82, 2.24) is 19.5 Å². The highest BCUT2D eigenvalue weighted by Crippen LogP contribution is 2.39. The second kappa shape index (κ2) is 9.95. The number of anilines is 1. The minimum absolute atomic E-state index is 0.0450. The number of benzene rings is 2. The molecule has 1 saturated carbocycles. The number of fused-ring (bicyclic) bond motifs is 1. The molecule has 0 spiro atoms. The number of nitrogens with one attached hydrogen (secondary N) is 1. The van der Waals surface area contributed by atoms with Crippen LogP contribution >= 0.6 is 11.6 Å². The van der Waals surface area contributed by atoms with E-state index in [2.05, 4.69) is 118 Å². The van der Waals surface area contributed by atoms with Crippen LogP contribution in [0.25, 0.3) is 11.2 Å². The van der Waals surface area contributed by atoms with Crippen LogP contribution in [0.2, 0.25) is 10.3 Å². The van der Waals surface area contributed by atoms with E-state index in [-0.39, 0.29) is 16.4 Å². The molecule has 2 aromatic heterocycles. The summed E-state index contributed by atoms with van der Waals surface area (Å²) in [6.07, 6.45) is 9.65. The average Bonchev–Trinajstić information content (AvgIpc) is 3.42. The highest BCUT2D eigenvalue weighted by molar-refractivity contribution is 6.99. The minimum Gasteiger partial charge on any atom is -0.407 e. The molecule has 1 fully saturated rings. The Kier molecular flexibility index (Phi) is 6.62. The molecule has 6 nitrogen and oxygen atoms in total. The molecule has 2 aromatic carbocycles. The Bertz CT molecular complexity index is 1410. The van der Waals surface area contributed by atoms with E-state index in [0.717, 1.165) is 36.2 Å². The zero-order valence-corrected chi connectivity index (χ0v) is 23.9. The van der Waals surface area contributed by atoms with Gasteiger partial charge in [0.05, 0.1) is 12.4 Å². The van der Waals surface area contributed by atoms with Gasteiger partial charge in [0.1, 0.15) is 0 Å². The third kappa shape index (κ3) is 4.68. The van der Waals surface area contributed by atoms with Crippen molar-refractivity contribution in [2.75, 3.05) is 11.9 Å². The van der Waals surface area contributed by atoms with Crippen LogP contribution in [-0.2, 0) is 4.43 Å². The Morgan fingerprint density at radius 3 is 2.24 bits per heavy atom. The number of hydrogen-bond acceptors (Lipinski definition) is 5. The van der Waals surface area contributed by atoms with Gasteiger partial charge in [0.2, 0.25) is 5.28 Å². The number of aromatic nitrogens is 4. The van der Waals surface area contributed by atoms with Crippen molar-refractivity contribution < 1.29 is 4.43 Å². The van der Waals surface area contributed by atoms with Gasteiger partial charge < -0.3 is 14.3 Å². The lowest BCUT2D eigenvalue weighted by Gasteiger charge is -2.43. The quantitative estimate of drug-likeness (QED) is 0.174. The molecule has 38 heavy (non-hydrogen) atoms. The van der Waals surface area contributed by atoms with Crippen molar-refractivity contribution >= 4 is 47.3 Å². The Hall–Kier alpha value is -3.00. The predicted molar refractivity (Wildman–Crippen MR) is 157 cm³/mol. The Morgan fingerprint density at radius 1 is 0.974 bits per heavy atom. The molecule has 2 heterocycles. The van der Waals surface area contributed by atoms with Crippen molar-refractivity contribution in [3.63, 3.8) is 0 Å². The number of halogens is 1. The van der Waals surface area contributed by atoms with Crippen molar-refractivity contribution in [2.24, 2.45) is 5.92 Å². The van der Waals surface area contributed by atoms with E-state index in [1.165, 1.54) is 10.4 Å². The van der Waals surface area contributed by atoms with Crippen LogP contribution in [0.3, 0.4) is 0 Å². The second-order valence-electron chi connectivity index (χ2n) is 11.5. The summed E-state index contributed by atoms with van der Waals surface area (Å²) in [5, 5.41) is 6.26. The number of nitrogens with zero attached hydrogens (tertiary/aromatic N) is 4. The monoisotopic (exact) mass is 543 g/mol. The Labute approximate surface area is 230 Å². The van der Waals surface area contributed by atoms with Gasteiger partial charge in [0.15, 0.2) is 17.0 Å². The standard InChI is InChI=1S/C30H34ClN5OSi/c1-30(2,3)38(24-10-6-4-7-11-24,25-12-8-5-9-13-25)37-19-21-14-17-23(18-21)36-20-32-26-27(33-22-15-16-22)34-29(31)35-28(26)36/h4-14,17,20-23H,15-16,18-19H2,1-3H3,(H,33,34,35)/t21-,23+/m1/s1. The van der Waals surface area contributed by atoms with E-state index in [1.54, 1.807) is 0 Å². The van der Waals surface area contributed by atoms with Gasteiger partial charge in [-0.1, -0.05) is 93.6 Å². The van der Waals surface area contributed by atoms with Crippen LogP contribution in [-0.4, -0.2) is 40.5 Å². The average molecular weight is 544 g/mol. The Balaban J connectivity index is 1.26. The van der Waals surface area contributed by atoms with Crippen LogP contribution in [0.4, 0.5) is 5.82 Å². The van der Waals surface area contributed by atoms with Crippen LogP contribution in [0, 0.1) is 5.92 Å². The van der Waals surface area contributed by atoms with E-state index in [4.69, 9.17) is 16.0 Å². The number of rotatable bonds is 8. The third-order valence-corrected chi connectivity index (χ3v) is 12.9. The van der Waals surface area contributed by atoms with Gasteiger partial charge in [-0.3, -0.25) is 0 Å². The maximum Gasteiger partial charge on any atom is 0.261 e. The van der Waals surface area contributed by atoms with Crippen molar-refractivity contribution in [3.8, 4) is 0 Å². The lowest BCUT2D eigenvalue weighted by atomic mass is 10.1. The van der Waals surface area contributed by atoms with Crippen LogP contribution in [0.1, 0.15) is 46.1 Å². The smallest absolute Gasteiger partial charge is 0.261 e. The van der Waals surface area contributed by atoms with Gasteiger partial charge in [-0.25, -0.2) is 4.98 Å². The lowest BCUT2D eigenvalue weighted by molar-refractivity contribution is 0.251. The first kappa shape index (κ1) is 25.3. The highest BCUT2D eigenvalue weighted by atomic mass is 35.5. The van der Waals surface area contributed by atoms with E-state index < -0.39 is 8.32 Å². The lowest BCUT2D eigenvalue weighted by Crippen LogP contribution is -2.66. The molecule has 0 bridgehead atoms. The molecule has 2 atom stereocenters. The summed E-state index contributed by atoms with van der Waals surface area (Å²) in [5.74, 6) is 1.02. The first-order valence-electron chi connectivity index (χ1n) is 13.4. The molecule has 1 N–H and O–H groups in total. The molecule has 0 aliphatic heterocycles. The van der Waals surface area contributed by atoms with Gasteiger partial charge in [-0.15, -0.1) is 0 Å². The number of hydrogen-bond donors (Lipinski definition) is 1. The molecule has 2 aliphatic carbocycles. The fourth-order valence-corrected chi connectivity index (χ4v) is 10.5. The van der Waals surface area contributed by atoms with Gasteiger partial charge in [-0.05, 0) is 46.3 Å². The second-order valence-corrected chi connectivity index (χ2v) is 16.1. The number of imidazole rings is 1. The van der Waals surface area contributed by atoms with Gasteiger partial charge >= 0.3 is 0 Å². The molecule has 8 heteroatoms. The summed E-state index contributed by atoms with van der Waals surface area (Å²) in [7, 11) is -2.57. The topological polar surface area (TPSA) is 64.9 Å². The van der Waals surface area contributed by atoms with E-state index in [0.29, 0.717) is 18.6 Å². The first-order chi connectivity index (χ1) is 18.3. The number of allylic oxidation sites excluding steroid dienone is 1. The predicted octanol–water partition coefficient (Wildman–Crippen LogP) is 5.75. The maximum atomic E-state index is 7.20. The normalized spacial score (nSPS) is 19.8. The molecule has 0 unspecified atom stereocenters. The van der Waals surface area contributed by atoms with Crippen LogP contribution in [0.5, 0.6) is 0 Å². The molecule has 6 rings (SSSR count). The van der Waals surface area contributed by atoms with E-state index in [9.17, 15) is 0 Å². The summed E-state index contributed by atoms with van der Waals surface area (Å²) in [6, 6.07) is 22.3. The minimum atomic E-state index is -2.57. The molecule has 2 aliphatic rings. The van der Waals surface area contributed by atoms with Gasteiger partial charge in [-0.2, -0.15) is 9.97 Å². The molecule has 4 aromatic rings. The van der Waals surface area contributed by atoms with Crippen molar-refractivity contribution in [1.29, 1.82) is 0 Å². The summed E-state index contributed by atoms with van der Waals surface area (Å²) in [5.41, 5.74) is 1.55. The molecular weight excluding hydrogens is 510 g/mol. The zero-order valence-electron chi connectivity index (χ0n) is 22.1. The molecule has 0 saturated heterocycles. The SMILES string of the molecule is CC(C)(C)[Si](OC[C@@H]1C=C[C@H](n2cnc3c(NC4CC4)nc(Cl)nc32)C1)(c1ccccc1)c1ccccc1. The fourth-order valence-electron chi connectivity index (χ4n) is 5.73. The molecule has 0 amide bonds. The summed E-state index contributed by atoms with van der Waals surface area (Å²) >= 11 is 6.31.